The molecular weight excluding hydrogens is 350 g/mol. The van der Waals surface area contributed by atoms with Gasteiger partial charge in [-0.05, 0) is 43.7 Å². The lowest BCUT2D eigenvalue weighted by atomic mass is 10.1. The third kappa shape index (κ3) is 3.00. The van der Waals surface area contributed by atoms with Crippen LogP contribution >= 0.6 is 0 Å². The van der Waals surface area contributed by atoms with E-state index < -0.39 is 20.0 Å². The Morgan fingerprint density at radius 2 is 1.83 bits per heavy atom. The number of fused-ring (bicyclic) bond motifs is 1. The fourth-order valence-electron chi connectivity index (χ4n) is 2.36. The van der Waals surface area contributed by atoms with Crippen molar-refractivity contribution < 1.29 is 16.8 Å². The molecule has 1 heterocycles. The van der Waals surface area contributed by atoms with Crippen LogP contribution in [0.5, 0.6) is 0 Å². The summed E-state index contributed by atoms with van der Waals surface area (Å²) >= 11 is 0. The second kappa shape index (κ2) is 5.60. The SMILES string of the molecule is Cc1ccc(NS(=O)(=O)c2ccc3c(c2)S(=O)(=O)N=CN3)c(C)c1. The molecule has 2 aromatic rings. The predicted molar refractivity (Wildman–Crippen MR) is 92.5 cm³/mol. The number of nitrogens with zero attached hydrogens (tertiary/aromatic N) is 1. The van der Waals surface area contributed by atoms with Crippen LogP contribution in [0.25, 0.3) is 0 Å². The molecule has 126 valence electrons. The zero-order valence-corrected chi connectivity index (χ0v) is 14.6. The zero-order chi connectivity index (χ0) is 17.5. The molecule has 3 rings (SSSR count). The first-order valence-corrected chi connectivity index (χ1v) is 9.91. The number of sulfonamides is 2. The molecule has 0 spiro atoms. The molecule has 0 aromatic heterocycles. The molecule has 2 aromatic carbocycles. The lowest BCUT2D eigenvalue weighted by Gasteiger charge is -2.15. The number of anilines is 2. The molecule has 0 radical (unpaired) electrons. The van der Waals surface area contributed by atoms with Gasteiger partial charge in [0.15, 0.2) is 0 Å². The van der Waals surface area contributed by atoms with Gasteiger partial charge in [0.1, 0.15) is 11.2 Å². The van der Waals surface area contributed by atoms with Crippen LogP contribution in [0.2, 0.25) is 0 Å². The lowest BCUT2D eigenvalue weighted by molar-refractivity contribution is 0.597. The van der Waals surface area contributed by atoms with Crippen LogP contribution in [-0.4, -0.2) is 23.2 Å². The minimum Gasteiger partial charge on any atom is -0.345 e. The van der Waals surface area contributed by atoms with Gasteiger partial charge in [0, 0.05) is 0 Å². The molecule has 0 unspecified atom stereocenters. The number of rotatable bonds is 3. The van der Waals surface area contributed by atoms with Crippen molar-refractivity contribution in [1.29, 1.82) is 0 Å². The maximum Gasteiger partial charge on any atom is 0.285 e. The highest BCUT2D eigenvalue weighted by atomic mass is 32.2. The summed E-state index contributed by atoms with van der Waals surface area (Å²) in [6.07, 6.45) is 1.06. The van der Waals surface area contributed by atoms with Crippen molar-refractivity contribution in [3.63, 3.8) is 0 Å². The van der Waals surface area contributed by atoms with Gasteiger partial charge in [-0.2, -0.15) is 8.42 Å². The van der Waals surface area contributed by atoms with E-state index in [1.165, 1.54) is 12.1 Å². The fourth-order valence-corrected chi connectivity index (χ4v) is 4.57. The normalized spacial score (nSPS) is 15.4. The van der Waals surface area contributed by atoms with Gasteiger partial charge in [-0.3, -0.25) is 4.72 Å². The summed E-state index contributed by atoms with van der Waals surface area (Å²) in [7, 11) is -7.82. The number of hydrogen-bond donors (Lipinski definition) is 2. The van der Waals surface area contributed by atoms with Crippen LogP contribution in [0.1, 0.15) is 11.1 Å². The third-order valence-electron chi connectivity index (χ3n) is 3.58. The Morgan fingerprint density at radius 3 is 2.54 bits per heavy atom. The highest BCUT2D eigenvalue weighted by molar-refractivity contribution is 7.93. The summed E-state index contributed by atoms with van der Waals surface area (Å²) in [4.78, 5) is -0.322. The Hall–Kier alpha value is -2.39. The molecular formula is C15H15N3O4S2. The van der Waals surface area contributed by atoms with E-state index in [0.29, 0.717) is 5.69 Å². The van der Waals surface area contributed by atoms with E-state index in [1.807, 2.05) is 13.0 Å². The molecule has 2 N–H and O–H groups in total. The van der Waals surface area contributed by atoms with Crippen LogP contribution in [-0.2, 0) is 20.0 Å². The van der Waals surface area contributed by atoms with Crippen molar-refractivity contribution in [3.8, 4) is 0 Å². The van der Waals surface area contributed by atoms with Crippen molar-refractivity contribution in [2.45, 2.75) is 23.6 Å². The van der Waals surface area contributed by atoms with Crippen LogP contribution in [0.4, 0.5) is 11.4 Å². The van der Waals surface area contributed by atoms with Crippen LogP contribution in [0, 0.1) is 13.8 Å². The third-order valence-corrected chi connectivity index (χ3v) is 6.22. The highest BCUT2D eigenvalue weighted by Crippen LogP contribution is 2.29. The average Bonchev–Trinajstić information content (AvgIpc) is 2.49. The zero-order valence-electron chi connectivity index (χ0n) is 12.9. The van der Waals surface area contributed by atoms with Gasteiger partial charge in [0.2, 0.25) is 0 Å². The summed E-state index contributed by atoms with van der Waals surface area (Å²) in [5.74, 6) is 0. The van der Waals surface area contributed by atoms with Gasteiger partial charge in [0.05, 0.1) is 16.3 Å². The predicted octanol–water partition coefficient (Wildman–Crippen LogP) is 2.25. The largest absolute Gasteiger partial charge is 0.345 e. The number of hydrogen-bond acceptors (Lipinski definition) is 5. The molecule has 7 nitrogen and oxygen atoms in total. The van der Waals surface area contributed by atoms with Crippen LogP contribution in [0.3, 0.4) is 0 Å². The second-order valence-electron chi connectivity index (χ2n) is 5.44. The first-order valence-electron chi connectivity index (χ1n) is 6.98. The summed E-state index contributed by atoms with van der Waals surface area (Å²) in [6, 6.07) is 9.15. The monoisotopic (exact) mass is 365 g/mol. The van der Waals surface area contributed by atoms with Crippen molar-refractivity contribution in [2.24, 2.45) is 4.40 Å². The van der Waals surface area contributed by atoms with Gasteiger partial charge in [0.25, 0.3) is 20.0 Å². The van der Waals surface area contributed by atoms with Gasteiger partial charge < -0.3 is 5.32 Å². The van der Waals surface area contributed by atoms with Crippen molar-refractivity contribution >= 4 is 37.8 Å². The van der Waals surface area contributed by atoms with E-state index in [2.05, 4.69) is 14.4 Å². The quantitative estimate of drug-likeness (QED) is 0.868. The topological polar surface area (TPSA) is 105 Å². The second-order valence-corrected chi connectivity index (χ2v) is 8.72. The van der Waals surface area contributed by atoms with Crippen molar-refractivity contribution in [1.82, 2.24) is 0 Å². The molecule has 1 aliphatic heterocycles. The molecule has 0 saturated carbocycles. The van der Waals surface area contributed by atoms with Gasteiger partial charge in [-0.1, -0.05) is 17.7 Å². The standard InChI is InChI=1S/C15H15N3O4S2/c1-10-3-5-13(11(2)7-10)18-23(19,20)12-4-6-14-15(8-12)24(21,22)17-9-16-14/h3-9,18H,1-2H3,(H,16,17). The van der Waals surface area contributed by atoms with E-state index in [4.69, 9.17) is 0 Å². The molecule has 0 amide bonds. The van der Waals surface area contributed by atoms with E-state index in [1.54, 1.807) is 19.1 Å². The van der Waals surface area contributed by atoms with Crippen LogP contribution in [0.15, 0.2) is 50.6 Å². The Balaban J connectivity index is 2.03. The molecule has 24 heavy (non-hydrogen) atoms. The Morgan fingerprint density at radius 1 is 1.08 bits per heavy atom. The lowest BCUT2D eigenvalue weighted by Crippen LogP contribution is -2.16. The number of nitrogens with one attached hydrogen (secondary N) is 2. The van der Waals surface area contributed by atoms with Gasteiger partial charge in [-0.15, -0.1) is 4.40 Å². The minimum atomic E-state index is -3.93. The van der Waals surface area contributed by atoms with E-state index in [-0.39, 0.29) is 15.5 Å². The summed E-state index contributed by atoms with van der Waals surface area (Å²) < 4.78 is 54.9. The first kappa shape index (κ1) is 16.5. The average molecular weight is 365 g/mol. The van der Waals surface area contributed by atoms with Crippen molar-refractivity contribution in [2.75, 3.05) is 10.0 Å². The Bertz CT molecular complexity index is 1060. The summed E-state index contributed by atoms with van der Waals surface area (Å²) in [5, 5.41) is 2.68. The molecule has 9 heteroatoms. The van der Waals surface area contributed by atoms with Gasteiger partial charge in [-0.25, -0.2) is 8.42 Å². The maximum atomic E-state index is 12.6. The van der Waals surface area contributed by atoms with Gasteiger partial charge >= 0.3 is 0 Å². The smallest absolute Gasteiger partial charge is 0.285 e. The number of aryl methyl sites for hydroxylation is 2. The van der Waals surface area contributed by atoms with E-state index in [9.17, 15) is 16.8 Å². The molecule has 0 aliphatic carbocycles. The van der Waals surface area contributed by atoms with E-state index in [0.717, 1.165) is 23.5 Å². The first-order chi connectivity index (χ1) is 11.2. The maximum absolute atomic E-state index is 12.6. The fraction of sp³-hybridized carbons (Fsp3) is 0.133. The van der Waals surface area contributed by atoms with E-state index >= 15 is 0 Å². The number of benzene rings is 2. The van der Waals surface area contributed by atoms with Crippen LogP contribution < -0.4 is 10.0 Å². The molecule has 0 bridgehead atoms. The summed E-state index contributed by atoms with van der Waals surface area (Å²) in [6.45, 7) is 3.70. The molecule has 1 aliphatic rings. The molecule has 0 atom stereocenters. The molecule has 0 fully saturated rings. The molecule has 0 saturated heterocycles. The van der Waals surface area contributed by atoms with Crippen molar-refractivity contribution in [3.05, 3.63) is 47.5 Å². The Labute approximate surface area is 140 Å². The summed E-state index contributed by atoms with van der Waals surface area (Å²) in [5.41, 5.74) is 2.52. The Kier molecular flexibility index (Phi) is 3.84. The minimum absolute atomic E-state index is 0.149. The highest BCUT2D eigenvalue weighted by Gasteiger charge is 2.24.